The molecular formula is C26H22N4O3. The number of fused-ring (bicyclic) bond motifs is 2. The lowest BCUT2D eigenvalue weighted by Crippen LogP contribution is -2.41. The van der Waals surface area contributed by atoms with E-state index in [4.69, 9.17) is 4.74 Å². The predicted molar refractivity (Wildman–Crippen MR) is 129 cm³/mol. The molecule has 1 unspecified atom stereocenters. The highest BCUT2D eigenvalue weighted by Gasteiger charge is 2.24. The van der Waals surface area contributed by atoms with Gasteiger partial charge in [-0.1, -0.05) is 24.3 Å². The number of nitrogens with one attached hydrogen (secondary N) is 1. The molecule has 3 aromatic heterocycles. The van der Waals surface area contributed by atoms with Gasteiger partial charge in [0.05, 0.1) is 23.4 Å². The number of para-hydroxylation sites is 1. The van der Waals surface area contributed by atoms with E-state index in [9.17, 15) is 9.90 Å². The number of benzene rings is 2. The van der Waals surface area contributed by atoms with Gasteiger partial charge in [-0.2, -0.15) is 0 Å². The number of aromatic amines is 1. The molecule has 1 amide bonds. The van der Waals surface area contributed by atoms with Crippen molar-refractivity contribution in [2.45, 2.75) is 13.0 Å². The van der Waals surface area contributed by atoms with Crippen molar-refractivity contribution < 1.29 is 14.6 Å². The van der Waals surface area contributed by atoms with Crippen LogP contribution in [0.4, 0.5) is 10.5 Å². The van der Waals surface area contributed by atoms with Gasteiger partial charge >= 0.3 is 6.09 Å². The summed E-state index contributed by atoms with van der Waals surface area (Å²) in [7, 11) is 0. The second-order valence-corrected chi connectivity index (χ2v) is 7.85. The molecule has 0 saturated carbocycles. The van der Waals surface area contributed by atoms with Gasteiger partial charge < -0.3 is 14.8 Å². The summed E-state index contributed by atoms with van der Waals surface area (Å²) in [5, 5.41) is 11.7. The van der Waals surface area contributed by atoms with Crippen LogP contribution < -0.4 is 9.64 Å². The van der Waals surface area contributed by atoms with Gasteiger partial charge in [0, 0.05) is 34.9 Å². The van der Waals surface area contributed by atoms with Crippen molar-refractivity contribution in [1.82, 2.24) is 15.0 Å². The van der Waals surface area contributed by atoms with Gasteiger partial charge in [0.1, 0.15) is 12.4 Å². The average molecular weight is 438 g/mol. The second kappa shape index (κ2) is 8.63. The fraction of sp³-hybridized carbons (Fsp3) is 0.115. The van der Waals surface area contributed by atoms with E-state index in [1.54, 1.807) is 24.8 Å². The Bertz CT molecular complexity index is 1430. The smallest absolute Gasteiger partial charge is 0.412 e. The number of carboxylic acid groups (broad SMARTS) is 1. The number of aromatic nitrogens is 3. The van der Waals surface area contributed by atoms with E-state index < -0.39 is 12.1 Å². The zero-order chi connectivity index (χ0) is 22.8. The van der Waals surface area contributed by atoms with E-state index in [1.807, 2.05) is 61.5 Å². The quantitative estimate of drug-likeness (QED) is 0.353. The van der Waals surface area contributed by atoms with Gasteiger partial charge in [-0.25, -0.2) is 4.79 Å². The van der Waals surface area contributed by atoms with Crippen LogP contribution >= 0.6 is 0 Å². The number of carbonyl (C=O) groups is 1. The van der Waals surface area contributed by atoms with Gasteiger partial charge in [-0.15, -0.1) is 0 Å². The minimum Gasteiger partial charge on any atom is -0.490 e. The minimum atomic E-state index is -1.03. The summed E-state index contributed by atoms with van der Waals surface area (Å²) in [6.07, 6.45) is 5.88. The number of hydrogen-bond acceptors (Lipinski definition) is 4. The summed E-state index contributed by atoms with van der Waals surface area (Å²) in [6, 6.07) is 19.1. The Morgan fingerprint density at radius 2 is 1.91 bits per heavy atom. The molecule has 2 aromatic carbocycles. The standard InChI is InChI=1S/C26H22N4O3/c1-17(30(26(31)32)25-15-29-24-5-3-2-4-22(24)25)16-33-21-13-20-12-19(6-7-23(20)28-14-21)18-8-10-27-11-9-18/h2-15,17,29H,16H2,1H3,(H,31,32). The summed E-state index contributed by atoms with van der Waals surface area (Å²) >= 11 is 0. The highest BCUT2D eigenvalue weighted by atomic mass is 16.5. The first-order valence-electron chi connectivity index (χ1n) is 10.6. The maximum absolute atomic E-state index is 12.1. The highest BCUT2D eigenvalue weighted by molar-refractivity contribution is 6.00. The molecule has 5 rings (SSSR count). The third-order valence-electron chi connectivity index (χ3n) is 5.63. The highest BCUT2D eigenvalue weighted by Crippen LogP contribution is 2.29. The minimum absolute atomic E-state index is 0.184. The number of rotatable bonds is 6. The van der Waals surface area contributed by atoms with Crippen LogP contribution in [0.2, 0.25) is 0 Å². The van der Waals surface area contributed by atoms with Gasteiger partial charge in [0.15, 0.2) is 0 Å². The fourth-order valence-electron chi connectivity index (χ4n) is 3.99. The lowest BCUT2D eigenvalue weighted by Gasteiger charge is -2.26. The Morgan fingerprint density at radius 3 is 2.73 bits per heavy atom. The summed E-state index contributed by atoms with van der Waals surface area (Å²) in [5.74, 6) is 0.588. The van der Waals surface area contributed by atoms with E-state index in [0.29, 0.717) is 11.4 Å². The van der Waals surface area contributed by atoms with Crippen molar-refractivity contribution in [3.05, 3.63) is 85.5 Å². The predicted octanol–water partition coefficient (Wildman–Crippen LogP) is 5.73. The molecule has 0 fully saturated rings. The summed E-state index contributed by atoms with van der Waals surface area (Å²) < 4.78 is 5.98. The lowest BCUT2D eigenvalue weighted by molar-refractivity contribution is 0.194. The van der Waals surface area contributed by atoms with Crippen LogP contribution in [0.5, 0.6) is 5.75 Å². The number of anilines is 1. The molecule has 0 radical (unpaired) electrons. The van der Waals surface area contributed by atoms with E-state index >= 15 is 0 Å². The fourth-order valence-corrected chi connectivity index (χ4v) is 3.99. The van der Waals surface area contributed by atoms with Crippen molar-refractivity contribution in [3.63, 3.8) is 0 Å². The normalized spacial score (nSPS) is 12.0. The van der Waals surface area contributed by atoms with E-state index in [-0.39, 0.29) is 6.61 Å². The molecule has 3 heterocycles. The van der Waals surface area contributed by atoms with Crippen molar-refractivity contribution in [2.75, 3.05) is 11.5 Å². The topological polar surface area (TPSA) is 91.3 Å². The SMILES string of the molecule is CC(COc1cnc2ccc(-c3ccncc3)cc2c1)N(C(=O)O)c1c[nH]c2ccccc12. The molecule has 0 aliphatic heterocycles. The van der Waals surface area contributed by atoms with Crippen LogP contribution in [-0.2, 0) is 0 Å². The Balaban J connectivity index is 1.37. The molecule has 2 N–H and O–H groups in total. The molecule has 33 heavy (non-hydrogen) atoms. The molecule has 0 aliphatic rings. The number of nitrogens with zero attached hydrogens (tertiary/aromatic N) is 3. The molecule has 0 bridgehead atoms. The third-order valence-corrected chi connectivity index (χ3v) is 5.63. The zero-order valence-corrected chi connectivity index (χ0v) is 18.0. The van der Waals surface area contributed by atoms with Crippen molar-refractivity contribution in [1.29, 1.82) is 0 Å². The monoisotopic (exact) mass is 438 g/mol. The van der Waals surface area contributed by atoms with Crippen LogP contribution in [0, 0.1) is 0 Å². The summed E-state index contributed by atoms with van der Waals surface area (Å²) in [4.78, 5) is 25.1. The Labute approximate surface area is 190 Å². The van der Waals surface area contributed by atoms with Gasteiger partial charge in [-0.05, 0) is 54.4 Å². The van der Waals surface area contributed by atoms with E-state index in [0.717, 1.165) is 32.9 Å². The average Bonchev–Trinajstić information content (AvgIpc) is 3.26. The largest absolute Gasteiger partial charge is 0.490 e. The second-order valence-electron chi connectivity index (χ2n) is 7.85. The van der Waals surface area contributed by atoms with Crippen LogP contribution in [0.3, 0.4) is 0 Å². The third kappa shape index (κ3) is 4.08. The van der Waals surface area contributed by atoms with E-state index in [1.165, 1.54) is 4.90 Å². The van der Waals surface area contributed by atoms with Crippen molar-refractivity contribution >= 4 is 33.6 Å². The molecule has 7 nitrogen and oxygen atoms in total. The molecule has 1 atom stereocenters. The first-order valence-corrected chi connectivity index (χ1v) is 10.6. The molecule has 7 heteroatoms. The van der Waals surface area contributed by atoms with Crippen LogP contribution in [0.1, 0.15) is 6.92 Å². The summed E-state index contributed by atoms with van der Waals surface area (Å²) in [6.45, 7) is 2.01. The molecule has 5 aromatic rings. The van der Waals surface area contributed by atoms with Crippen LogP contribution in [0.15, 0.2) is 85.5 Å². The van der Waals surface area contributed by atoms with Crippen molar-refractivity contribution in [3.8, 4) is 16.9 Å². The van der Waals surface area contributed by atoms with Crippen LogP contribution in [0.25, 0.3) is 32.9 Å². The van der Waals surface area contributed by atoms with Gasteiger partial charge in [0.25, 0.3) is 0 Å². The first kappa shape index (κ1) is 20.5. The molecule has 0 spiro atoms. The van der Waals surface area contributed by atoms with Gasteiger partial charge in [0.2, 0.25) is 0 Å². The zero-order valence-electron chi connectivity index (χ0n) is 18.0. The molecule has 0 aliphatic carbocycles. The maximum Gasteiger partial charge on any atom is 0.412 e. The van der Waals surface area contributed by atoms with E-state index in [2.05, 4.69) is 21.0 Å². The number of H-pyrrole nitrogens is 1. The maximum atomic E-state index is 12.1. The number of hydrogen-bond donors (Lipinski definition) is 2. The number of ether oxygens (including phenoxy) is 1. The number of pyridine rings is 2. The number of amides is 1. The summed E-state index contributed by atoms with van der Waals surface area (Å²) in [5.41, 5.74) is 4.49. The first-order chi connectivity index (χ1) is 16.1. The van der Waals surface area contributed by atoms with Crippen molar-refractivity contribution in [2.24, 2.45) is 0 Å². The Morgan fingerprint density at radius 1 is 1.09 bits per heavy atom. The Kier molecular flexibility index (Phi) is 5.36. The van der Waals surface area contributed by atoms with Crippen LogP contribution in [-0.4, -0.2) is 38.8 Å². The Hall–Kier alpha value is -4.39. The molecule has 164 valence electrons. The molecule has 0 saturated heterocycles. The molecular weight excluding hydrogens is 416 g/mol. The van der Waals surface area contributed by atoms with Gasteiger partial charge in [-0.3, -0.25) is 14.9 Å². The lowest BCUT2D eigenvalue weighted by atomic mass is 10.0.